The van der Waals surface area contributed by atoms with Crippen molar-refractivity contribution in [1.29, 1.82) is 5.26 Å². The number of hydrogen-bond acceptors (Lipinski definition) is 7. The fraction of sp³-hybridized carbons (Fsp3) is 0.618. The van der Waals surface area contributed by atoms with Gasteiger partial charge in [0.1, 0.15) is 11.4 Å². The molecule has 0 bridgehead atoms. The first-order valence-corrected chi connectivity index (χ1v) is 17.9. The minimum Gasteiger partial charge on any atom is -0.338 e. The lowest BCUT2D eigenvalue weighted by atomic mass is 9.82. The maximum absolute atomic E-state index is 14.5. The maximum atomic E-state index is 14.5. The summed E-state index contributed by atoms with van der Waals surface area (Å²) in [6, 6.07) is 11.4. The summed E-state index contributed by atoms with van der Waals surface area (Å²) in [6.45, 7) is 10.2. The van der Waals surface area contributed by atoms with Crippen LogP contribution in [0.3, 0.4) is 0 Å². The molecule has 1 saturated carbocycles. The van der Waals surface area contributed by atoms with Crippen molar-refractivity contribution in [3.63, 3.8) is 0 Å². The van der Waals surface area contributed by atoms with Crippen LogP contribution in [0.5, 0.6) is 0 Å². The number of nitrogens with zero attached hydrogens (tertiary/aromatic N) is 6. The Balaban J connectivity index is 1.15. The molecule has 1 unspecified atom stereocenters. The van der Waals surface area contributed by atoms with Gasteiger partial charge in [0.2, 0.25) is 10.0 Å². The number of rotatable bonds is 7. The van der Waals surface area contributed by atoms with Gasteiger partial charge >= 0.3 is 0 Å². The van der Waals surface area contributed by atoms with Crippen LogP contribution in [0, 0.1) is 36.9 Å². The Morgan fingerprint density at radius 2 is 1.76 bits per heavy atom. The summed E-state index contributed by atoms with van der Waals surface area (Å²) in [5.74, 6) is -0.0827. The second kappa shape index (κ2) is 12.7. The fourth-order valence-corrected chi connectivity index (χ4v) is 9.85. The SMILES string of the molecule is Cc1ccnc(C)c1C(=O)N1CCC(C#N)(N2CCN(C(c3cccc(F)c3)C3CCN(S(=O)(=O)C4CC4)CC3)[C@@H](C)C2)CC1. The molecule has 2 aromatic rings. The third-order valence-electron chi connectivity index (χ3n) is 10.7. The summed E-state index contributed by atoms with van der Waals surface area (Å²) in [6.07, 6.45) is 5.89. The van der Waals surface area contributed by atoms with Gasteiger partial charge in [-0.25, -0.2) is 17.1 Å². The molecule has 1 aromatic heterocycles. The number of halogens is 1. The van der Waals surface area contributed by atoms with Crippen LogP contribution < -0.4 is 0 Å². The van der Waals surface area contributed by atoms with Crippen LogP contribution in [0.25, 0.3) is 0 Å². The average molecular weight is 637 g/mol. The van der Waals surface area contributed by atoms with E-state index >= 15 is 0 Å². The van der Waals surface area contributed by atoms with E-state index in [1.807, 2.05) is 30.9 Å². The number of carbonyl (C=O) groups excluding carboxylic acids is 1. The van der Waals surface area contributed by atoms with E-state index in [1.54, 1.807) is 22.6 Å². The number of piperidine rings is 2. The Labute approximate surface area is 267 Å². The van der Waals surface area contributed by atoms with Crippen LogP contribution in [0.4, 0.5) is 4.39 Å². The molecule has 45 heavy (non-hydrogen) atoms. The standard InChI is InChI=1S/C34H45FN6O3S/c1-24-9-14-37-26(3)31(24)33(42)38-17-12-34(23-36,13-18-38)39-19-20-41(25(2)22-39)32(28-5-4-6-29(35)21-28)27-10-15-40(16-11-27)45(43,44)30-7-8-30/h4-6,9,14,21,25,27,30,32H,7-8,10-13,15-20,22H2,1-3H3/t25-,32?/m0/s1. The molecule has 0 spiro atoms. The highest BCUT2D eigenvalue weighted by Gasteiger charge is 2.47. The van der Waals surface area contributed by atoms with E-state index in [9.17, 15) is 22.9 Å². The molecule has 4 heterocycles. The number of nitriles is 1. The van der Waals surface area contributed by atoms with Crippen LogP contribution >= 0.6 is 0 Å². The normalized spacial score (nSPS) is 24.7. The van der Waals surface area contributed by atoms with Gasteiger partial charge in [-0.05, 0) is 94.5 Å². The quantitative estimate of drug-likeness (QED) is 0.447. The number of aromatic nitrogens is 1. The summed E-state index contributed by atoms with van der Waals surface area (Å²) in [7, 11) is -3.21. The zero-order valence-corrected chi connectivity index (χ0v) is 27.5. The van der Waals surface area contributed by atoms with Crippen molar-refractivity contribution in [3.05, 3.63) is 64.7 Å². The van der Waals surface area contributed by atoms with Gasteiger partial charge in [0.25, 0.3) is 5.91 Å². The average Bonchev–Trinajstić information content (AvgIpc) is 3.89. The molecule has 1 amide bonds. The summed E-state index contributed by atoms with van der Waals surface area (Å²) < 4.78 is 42.0. The number of amides is 1. The van der Waals surface area contributed by atoms with Gasteiger partial charge in [-0.15, -0.1) is 0 Å². The number of carbonyl (C=O) groups is 1. The highest BCUT2D eigenvalue weighted by Crippen LogP contribution is 2.41. The van der Waals surface area contributed by atoms with Crippen molar-refractivity contribution in [2.24, 2.45) is 5.92 Å². The molecule has 4 aliphatic rings. The van der Waals surface area contributed by atoms with Crippen LogP contribution in [0.1, 0.15) is 78.7 Å². The van der Waals surface area contributed by atoms with Crippen LogP contribution in [0.2, 0.25) is 0 Å². The molecule has 1 aromatic carbocycles. The van der Waals surface area contributed by atoms with Crippen molar-refractivity contribution in [3.8, 4) is 6.07 Å². The Morgan fingerprint density at radius 1 is 1.04 bits per heavy atom. The molecule has 3 saturated heterocycles. The molecular weight excluding hydrogens is 591 g/mol. The predicted molar refractivity (Wildman–Crippen MR) is 170 cm³/mol. The lowest BCUT2D eigenvalue weighted by Gasteiger charge is -2.52. The first-order valence-electron chi connectivity index (χ1n) is 16.4. The van der Waals surface area contributed by atoms with E-state index in [0.29, 0.717) is 57.7 Å². The minimum absolute atomic E-state index is 0.0169. The van der Waals surface area contributed by atoms with E-state index in [1.165, 1.54) is 6.07 Å². The molecule has 3 aliphatic heterocycles. The maximum Gasteiger partial charge on any atom is 0.255 e. The summed E-state index contributed by atoms with van der Waals surface area (Å²) in [5, 5.41) is 10.3. The van der Waals surface area contributed by atoms with E-state index in [2.05, 4.69) is 27.8 Å². The van der Waals surface area contributed by atoms with Crippen molar-refractivity contribution in [2.45, 2.75) is 82.2 Å². The molecule has 242 valence electrons. The third kappa shape index (κ3) is 6.27. The Morgan fingerprint density at radius 3 is 2.36 bits per heavy atom. The molecule has 6 rings (SSSR count). The minimum atomic E-state index is -3.21. The molecular formula is C34H45FN6O3S. The van der Waals surface area contributed by atoms with E-state index < -0.39 is 15.6 Å². The largest absolute Gasteiger partial charge is 0.338 e. The molecule has 1 aliphatic carbocycles. The van der Waals surface area contributed by atoms with Crippen LogP contribution in [-0.2, 0) is 10.0 Å². The van der Waals surface area contributed by atoms with Crippen LogP contribution in [0.15, 0.2) is 36.5 Å². The third-order valence-corrected chi connectivity index (χ3v) is 13.1. The lowest BCUT2D eigenvalue weighted by molar-refractivity contribution is -0.0295. The zero-order chi connectivity index (χ0) is 31.9. The van der Waals surface area contributed by atoms with Crippen molar-refractivity contribution in [2.75, 3.05) is 45.8 Å². The second-order valence-corrected chi connectivity index (χ2v) is 15.8. The smallest absolute Gasteiger partial charge is 0.255 e. The van der Waals surface area contributed by atoms with Crippen molar-refractivity contribution < 1.29 is 17.6 Å². The summed E-state index contributed by atoms with van der Waals surface area (Å²) in [5.41, 5.74) is 2.58. The monoisotopic (exact) mass is 636 g/mol. The van der Waals surface area contributed by atoms with Crippen LogP contribution in [-0.4, -0.2) is 101 Å². The van der Waals surface area contributed by atoms with E-state index in [-0.39, 0.29) is 35.0 Å². The Hall–Kier alpha value is -2.91. The highest BCUT2D eigenvalue weighted by molar-refractivity contribution is 7.90. The fourth-order valence-electron chi connectivity index (χ4n) is 7.98. The number of benzene rings is 1. The molecule has 0 radical (unpaired) electrons. The predicted octanol–water partition coefficient (Wildman–Crippen LogP) is 4.29. The van der Waals surface area contributed by atoms with E-state index in [0.717, 1.165) is 49.0 Å². The van der Waals surface area contributed by atoms with E-state index in [4.69, 9.17) is 0 Å². The van der Waals surface area contributed by atoms with Gasteiger partial charge in [-0.3, -0.25) is 19.6 Å². The second-order valence-electron chi connectivity index (χ2n) is 13.5. The topological polar surface area (TPSA) is 101 Å². The Bertz CT molecular complexity index is 1540. The zero-order valence-electron chi connectivity index (χ0n) is 26.7. The van der Waals surface area contributed by atoms with Gasteiger partial charge in [-0.2, -0.15) is 5.26 Å². The van der Waals surface area contributed by atoms with Crippen molar-refractivity contribution in [1.82, 2.24) is 24.0 Å². The number of sulfonamides is 1. The first kappa shape index (κ1) is 32.0. The lowest BCUT2D eigenvalue weighted by Crippen LogP contribution is -2.63. The van der Waals surface area contributed by atoms with Gasteiger partial charge < -0.3 is 4.90 Å². The summed E-state index contributed by atoms with van der Waals surface area (Å²) >= 11 is 0. The Kier molecular flexibility index (Phi) is 9.05. The highest BCUT2D eigenvalue weighted by atomic mass is 32.2. The number of pyridine rings is 1. The molecule has 4 fully saturated rings. The van der Waals surface area contributed by atoms with Gasteiger partial charge in [0.15, 0.2) is 0 Å². The molecule has 11 heteroatoms. The molecule has 9 nitrogen and oxygen atoms in total. The number of hydrogen-bond donors (Lipinski definition) is 0. The van der Waals surface area contributed by atoms with Gasteiger partial charge in [0, 0.05) is 64.1 Å². The van der Waals surface area contributed by atoms with Gasteiger partial charge in [0.05, 0.1) is 22.6 Å². The van der Waals surface area contributed by atoms with Gasteiger partial charge in [-0.1, -0.05) is 12.1 Å². The number of likely N-dealkylation sites (tertiary alicyclic amines) is 1. The number of piperazine rings is 1. The van der Waals surface area contributed by atoms with Crippen molar-refractivity contribution >= 4 is 15.9 Å². The molecule has 0 N–H and O–H groups in total. The number of aryl methyl sites for hydroxylation is 2. The first-order chi connectivity index (χ1) is 21.5. The molecule has 2 atom stereocenters. The summed E-state index contributed by atoms with van der Waals surface area (Å²) in [4.78, 5) is 24.4.